The first-order chi connectivity index (χ1) is 5.59. The maximum atomic E-state index is 10.7. The van der Waals surface area contributed by atoms with Gasteiger partial charge in [-0.1, -0.05) is 0 Å². The van der Waals surface area contributed by atoms with E-state index in [0.29, 0.717) is 0 Å². The van der Waals surface area contributed by atoms with Gasteiger partial charge < -0.3 is 5.11 Å². The highest BCUT2D eigenvalue weighted by atomic mass is 16.4. The molecule has 0 aromatic rings. The summed E-state index contributed by atoms with van der Waals surface area (Å²) in [5, 5.41) is 9.54. The lowest BCUT2D eigenvalue weighted by Gasteiger charge is -2.24. The number of hydrazine groups is 1. The molecule has 6 heteroatoms. The minimum atomic E-state index is -1.04. The third kappa shape index (κ3) is 2.03. The maximum Gasteiger partial charge on any atom is 0.319 e. The number of carbonyl (C=O) groups excluding carboxylic acids is 2. The second-order valence-electron chi connectivity index (χ2n) is 2.43. The van der Waals surface area contributed by atoms with Crippen LogP contribution in [0.25, 0.3) is 0 Å². The molecule has 0 aromatic carbocycles. The lowest BCUT2D eigenvalue weighted by atomic mass is 10.2. The number of carboxylic acid groups (broad SMARTS) is 1. The highest BCUT2D eigenvalue weighted by Crippen LogP contribution is 1.96. The van der Waals surface area contributed by atoms with Gasteiger partial charge in [-0.2, -0.15) is 0 Å². The summed E-state index contributed by atoms with van der Waals surface area (Å²) >= 11 is 0. The summed E-state index contributed by atoms with van der Waals surface area (Å²) in [4.78, 5) is 31.5. The van der Waals surface area contributed by atoms with E-state index < -0.39 is 17.7 Å². The number of Topliss-reactive ketones (excluding diaryl/α,β-unsaturated/α-hetero) is 1. The molecule has 1 amide bonds. The minimum absolute atomic E-state index is 0.0825. The molecular weight excluding hydrogens is 164 g/mol. The summed E-state index contributed by atoms with van der Waals surface area (Å²) in [6.07, 6.45) is 0.0825. The highest BCUT2D eigenvalue weighted by Gasteiger charge is 2.24. The van der Waals surface area contributed by atoms with Crippen LogP contribution in [0.3, 0.4) is 0 Å². The molecule has 0 aromatic heterocycles. The van der Waals surface area contributed by atoms with Gasteiger partial charge in [0.1, 0.15) is 6.54 Å². The molecule has 0 atom stereocenters. The Hall–Kier alpha value is -1.43. The van der Waals surface area contributed by atoms with Crippen molar-refractivity contribution in [2.45, 2.75) is 6.42 Å². The Balaban J connectivity index is 2.45. The van der Waals surface area contributed by atoms with Crippen molar-refractivity contribution >= 4 is 17.7 Å². The van der Waals surface area contributed by atoms with E-state index in [0.717, 1.165) is 0 Å². The SMILES string of the molecule is O=C(O)CN1CCC(=O)C(=O)N1. The third-order valence-electron chi connectivity index (χ3n) is 1.45. The Morgan fingerprint density at radius 3 is 2.75 bits per heavy atom. The van der Waals surface area contributed by atoms with Gasteiger partial charge in [-0.15, -0.1) is 0 Å². The van der Waals surface area contributed by atoms with Crippen molar-refractivity contribution in [1.29, 1.82) is 0 Å². The van der Waals surface area contributed by atoms with Gasteiger partial charge in [0, 0.05) is 13.0 Å². The smallest absolute Gasteiger partial charge is 0.319 e. The maximum absolute atomic E-state index is 10.7. The van der Waals surface area contributed by atoms with Crippen LogP contribution in [-0.2, 0) is 14.4 Å². The summed E-state index contributed by atoms with van der Waals surface area (Å²) in [5.74, 6) is -2.27. The molecule has 1 saturated heterocycles. The molecule has 66 valence electrons. The zero-order valence-corrected chi connectivity index (χ0v) is 6.24. The molecular formula is C6H8N2O4. The molecule has 1 rings (SSSR count). The Bertz CT molecular complexity index is 238. The number of nitrogens with one attached hydrogen (secondary N) is 1. The Morgan fingerprint density at radius 2 is 2.25 bits per heavy atom. The third-order valence-corrected chi connectivity index (χ3v) is 1.45. The number of amides is 1. The first-order valence-electron chi connectivity index (χ1n) is 3.40. The summed E-state index contributed by atoms with van der Waals surface area (Å²) in [6, 6.07) is 0. The van der Waals surface area contributed by atoms with E-state index in [-0.39, 0.29) is 19.5 Å². The van der Waals surface area contributed by atoms with E-state index in [1.54, 1.807) is 0 Å². The summed E-state index contributed by atoms with van der Waals surface area (Å²) < 4.78 is 0. The molecule has 6 nitrogen and oxygen atoms in total. The Labute approximate surface area is 68.1 Å². The van der Waals surface area contributed by atoms with Crippen molar-refractivity contribution in [2.75, 3.05) is 13.1 Å². The lowest BCUT2D eigenvalue weighted by Crippen LogP contribution is -2.52. The van der Waals surface area contributed by atoms with Crippen LogP contribution in [-0.4, -0.2) is 40.9 Å². The largest absolute Gasteiger partial charge is 0.480 e. The fourth-order valence-electron chi connectivity index (χ4n) is 0.894. The van der Waals surface area contributed by atoms with Crippen LogP contribution < -0.4 is 5.43 Å². The van der Waals surface area contributed by atoms with E-state index in [1.807, 2.05) is 0 Å². The number of ketones is 1. The van der Waals surface area contributed by atoms with Gasteiger partial charge in [-0.3, -0.25) is 19.8 Å². The molecule has 0 bridgehead atoms. The molecule has 0 spiro atoms. The molecule has 1 fully saturated rings. The van der Waals surface area contributed by atoms with Gasteiger partial charge in [-0.25, -0.2) is 5.01 Å². The van der Waals surface area contributed by atoms with Gasteiger partial charge in [0.2, 0.25) is 5.78 Å². The summed E-state index contributed by atoms with van der Waals surface area (Å²) in [6.45, 7) is -0.0180. The van der Waals surface area contributed by atoms with Gasteiger partial charge in [0.15, 0.2) is 0 Å². The minimum Gasteiger partial charge on any atom is -0.480 e. The molecule has 0 aliphatic carbocycles. The monoisotopic (exact) mass is 172 g/mol. The predicted molar refractivity (Wildman–Crippen MR) is 37.0 cm³/mol. The van der Waals surface area contributed by atoms with Crippen molar-refractivity contribution in [3.63, 3.8) is 0 Å². The predicted octanol–water partition coefficient (Wildman–Crippen LogP) is -1.62. The number of nitrogens with zero attached hydrogens (tertiary/aromatic N) is 1. The van der Waals surface area contributed by atoms with Gasteiger partial charge in [0.25, 0.3) is 0 Å². The molecule has 2 N–H and O–H groups in total. The zero-order chi connectivity index (χ0) is 9.14. The molecule has 0 radical (unpaired) electrons. The Morgan fingerprint density at radius 1 is 1.58 bits per heavy atom. The fraction of sp³-hybridized carbons (Fsp3) is 0.500. The van der Waals surface area contributed by atoms with Crippen LogP contribution in [0, 0.1) is 0 Å². The van der Waals surface area contributed by atoms with Crippen LogP contribution in [0.2, 0.25) is 0 Å². The van der Waals surface area contributed by atoms with E-state index >= 15 is 0 Å². The average Bonchev–Trinajstić information content (AvgIpc) is 1.96. The number of carboxylic acids is 1. The van der Waals surface area contributed by atoms with Crippen molar-refractivity contribution in [2.24, 2.45) is 0 Å². The van der Waals surface area contributed by atoms with Crippen LogP contribution >= 0.6 is 0 Å². The molecule has 1 aliphatic rings. The standard InChI is InChI=1S/C6H8N2O4/c9-4-1-2-8(3-5(10)11)7-6(4)12/h1-3H2,(H,7,12)(H,10,11). The van der Waals surface area contributed by atoms with Crippen molar-refractivity contribution < 1.29 is 19.5 Å². The second-order valence-corrected chi connectivity index (χ2v) is 2.43. The first kappa shape index (κ1) is 8.66. The lowest BCUT2D eigenvalue weighted by molar-refractivity contribution is -0.148. The quantitative estimate of drug-likeness (QED) is 0.489. The fourth-order valence-corrected chi connectivity index (χ4v) is 0.894. The average molecular weight is 172 g/mol. The summed E-state index contributed by atoms with van der Waals surface area (Å²) in [7, 11) is 0. The highest BCUT2D eigenvalue weighted by molar-refractivity contribution is 6.36. The van der Waals surface area contributed by atoms with E-state index in [4.69, 9.17) is 5.11 Å². The van der Waals surface area contributed by atoms with Gasteiger partial charge in [-0.05, 0) is 0 Å². The van der Waals surface area contributed by atoms with Gasteiger partial charge >= 0.3 is 11.9 Å². The van der Waals surface area contributed by atoms with E-state index in [9.17, 15) is 14.4 Å². The van der Waals surface area contributed by atoms with Crippen LogP contribution in [0.4, 0.5) is 0 Å². The van der Waals surface area contributed by atoms with Crippen LogP contribution in [0.15, 0.2) is 0 Å². The van der Waals surface area contributed by atoms with Crippen LogP contribution in [0.5, 0.6) is 0 Å². The second kappa shape index (κ2) is 3.31. The van der Waals surface area contributed by atoms with Crippen molar-refractivity contribution in [1.82, 2.24) is 10.4 Å². The Kier molecular flexibility index (Phi) is 2.39. The molecule has 1 heterocycles. The number of hydrogen-bond donors (Lipinski definition) is 2. The zero-order valence-electron chi connectivity index (χ0n) is 6.24. The number of carbonyl (C=O) groups is 3. The van der Waals surface area contributed by atoms with E-state index in [2.05, 4.69) is 5.43 Å². The van der Waals surface area contributed by atoms with Crippen molar-refractivity contribution in [3.8, 4) is 0 Å². The molecule has 12 heavy (non-hydrogen) atoms. The normalized spacial score (nSPS) is 19.0. The number of aliphatic carboxylic acids is 1. The van der Waals surface area contributed by atoms with Crippen LogP contribution in [0.1, 0.15) is 6.42 Å². The molecule has 0 saturated carbocycles. The van der Waals surface area contributed by atoms with Gasteiger partial charge in [0.05, 0.1) is 0 Å². The van der Waals surface area contributed by atoms with Crippen molar-refractivity contribution in [3.05, 3.63) is 0 Å². The first-order valence-corrected chi connectivity index (χ1v) is 3.40. The topological polar surface area (TPSA) is 86.7 Å². The number of hydrogen-bond acceptors (Lipinski definition) is 4. The number of rotatable bonds is 2. The summed E-state index contributed by atoms with van der Waals surface area (Å²) in [5.41, 5.74) is 2.16. The molecule has 1 aliphatic heterocycles. The van der Waals surface area contributed by atoms with E-state index in [1.165, 1.54) is 5.01 Å². The molecule has 0 unspecified atom stereocenters.